The normalized spacial score (nSPS) is 16.1. The minimum Gasteiger partial charge on any atom is -0.378 e. The van der Waals surface area contributed by atoms with Gasteiger partial charge in [0.1, 0.15) is 11.5 Å². The average Bonchev–Trinajstić information content (AvgIpc) is 2.49. The van der Waals surface area contributed by atoms with E-state index in [1.54, 1.807) is 16.7 Å². The van der Waals surface area contributed by atoms with Crippen LogP contribution in [0, 0.1) is 0 Å². The Balaban J connectivity index is 2.15. The van der Waals surface area contributed by atoms with Gasteiger partial charge in [-0.3, -0.25) is 9.20 Å². The summed E-state index contributed by atoms with van der Waals surface area (Å²) in [7, 11) is 0. The molecule has 1 saturated heterocycles. The Kier molecular flexibility index (Phi) is 3.88. The number of anilines is 1. The number of hydrogen-bond donors (Lipinski definition) is 0. The van der Waals surface area contributed by atoms with Crippen molar-refractivity contribution in [1.29, 1.82) is 0 Å². The summed E-state index contributed by atoms with van der Waals surface area (Å²) < 4.78 is 6.91. The Morgan fingerprint density at radius 2 is 2.15 bits per heavy atom. The predicted molar refractivity (Wildman–Crippen MR) is 79.3 cm³/mol. The van der Waals surface area contributed by atoms with Crippen LogP contribution in [0.15, 0.2) is 34.1 Å². The molecule has 0 spiro atoms. The highest BCUT2D eigenvalue weighted by Gasteiger charge is 2.14. The van der Waals surface area contributed by atoms with E-state index >= 15 is 0 Å². The Hall–Kier alpha value is -1.61. The van der Waals surface area contributed by atoms with E-state index in [0.717, 1.165) is 24.5 Å². The van der Waals surface area contributed by atoms with Gasteiger partial charge in [-0.1, -0.05) is 6.08 Å². The van der Waals surface area contributed by atoms with Gasteiger partial charge in [0.25, 0.3) is 5.56 Å². The maximum Gasteiger partial charge on any atom is 0.259 e. The first-order valence-corrected chi connectivity index (χ1v) is 7.19. The molecule has 2 aromatic heterocycles. The second-order valence-electron chi connectivity index (χ2n) is 4.57. The van der Waals surface area contributed by atoms with E-state index in [2.05, 4.69) is 26.2 Å². The summed E-state index contributed by atoms with van der Waals surface area (Å²) in [6.07, 6.45) is 3.67. The molecule has 20 heavy (non-hydrogen) atoms. The summed E-state index contributed by atoms with van der Waals surface area (Å²) in [6.45, 7) is 2.89. The van der Waals surface area contributed by atoms with E-state index in [0.29, 0.717) is 18.9 Å². The number of rotatable bonds is 2. The van der Waals surface area contributed by atoms with Crippen molar-refractivity contribution in [3.8, 4) is 0 Å². The van der Waals surface area contributed by atoms with Crippen LogP contribution in [-0.4, -0.2) is 52.0 Å². The number of nitrogens with zero attached hydrogens (tertiary/aromatic N) is 3. The fourth-order valence-corrected chi connectivity index (χ4v) is 2.53. The molecule has 5 nitrogen and oxygen atoms in total. The van der Waals surface area contributed by atoms with Gasteiger partial charge in [-0.15, -0.1) is 0 Å². The van der Waals surface area contributed by atoms with Gasteiger partial charge in [0, 0.05) is 30.9 Å². The fraction of sp³-hybridized carbons (Fsp3) is 0.286. The quantitative estimate of drug-likeness (QED) is 0.760. The van der Waals surface area contributed by atoms with Crippen LogP contribution in [0.5, 0.6) is 0 Å². The molecule has 6 heteroatoms. The second kappa shape index (κ2) is 5.80. The third-order valence-electron chi connectivity index (χ3n) is 3.32. The van der Waals surface area contributed by atoms with Crippen LogP contribution in [0.25, 0.3) is 11.7 Å². The van der Waals surface area contributed by atoms with Crippen LogP contribution in [-0.2, 0) is 4.74 Å². The monoisotopic (exact) mass is 283 g/mol. The van der Waals surface area contributed by atoms with Gasteiger partial charge in [-0.05, 0) is 12.1 Å². The zero-order valence-electron chi connectivity index (χ0n) is 11.0. The lowest BCUT2D eigenvalue weighted by atomic mass is 10.2. The van der Waals surface area contributed by atoms with Crippen LogP contribution in [0.2, 0.25) is 0 Å². The summed E-state index contributed by atoms with van der Waals surface area (Å²) >= 11 is 2.53. The van der Waals surface area contributed by atoms with Crippen LogP contribution < -0.4 is 10.5 Å². The smallest absolute Gasteiger partial charge is 0.259 e. The summed E-state index contributed by atoms with van der Waals surface area (Å²) in [5.74, 6) is 0.725. The largest absolute Gasteiger partial charge is 0.378 e. The van der Waals surface area contributed by atoms with Crippen molar-refractivity contribution in [3.63, 3.8) is 0 Å². The Bertz CT molecular complexity index is 705. The van der Waals surface area contributed by atoms with Crippen molar-refractivity contribution in [2.24, 2.45) is 0 Å². The van der Waals surface area contributed by atoms with Gasteiger partial charge in [0.15, 0.2) is 16.3 Å². The SMILES string of the molecule is O=c1cc(N2CCOCC2)nc2c(/C=[CH]/[Al])cccn12. The first-order valence-electron chi connectivity index (χ1n) is 6.53. The molecule has 3 rings (SSSR count). The van der Waals surface area contributed by atoms with E-state index in [9.17, 15) is 4.79 Å². The minimum atomic E-state index is -0.0597. The highest BCUT2D eigenvalue weighted by Crippen LogP contribution is 2.15. The third-order valence-corrected chi connectivity index (χ3v) is 3.51. The van der Waals surface area contributed by atoms with Gasteiger partial charge in [-0.2, -0.15) is 4.94 Å². The Labute approximate surface area is 124 Å². The lowest BCUT2D eigenvalue weighted by molar-refractivity contribution is 0.122. The summed E-state index contributed by atoms with van der Waals surface area (Å²) in [4.78, 5) is 20.8. The Morgan fingerprint density at radius 1 is 1.35 bits per heavy atom. The number of aromatic nitrogens is 2. The second-order valence-corrected chi connectivity index (χ2v) is 4.95. The van der Waals surface area contributed by atoms with Crippen LogP contribution in [0.1, 0.15) is 5.56 Å². The number of ether oxygens (including phenoxy) is 1. The predicted octanol–water partition coefficient (Wildman–Crippen LogP) is 0.670. The molecule has 1 aliphatic rings. The van der Waals surface area contributed by atoms with Crippen molar-refractivity contribution in [3.05, 3.63) is 45.3 Å². The molecule has 0 saturated carbocycles. The first-order chi connectivity index (χ1) is 9.79. The lowest BCUT2D eigenvalue weighted by Crippen LogP contribution is -2.37. The molecule has 1 fully saturated rings. The van der Waals surface area contributed by atoms with E-state index in [1.807, 2.05) is 23.1 Å². The lowest BCUT2D eigenvalue weighted by Gasteiger charge is -2.27. The third kappa shape index (κ3) is 2.50. The molecule has 0 aliphatic carbocycles. The van der Waals surface area contributed by atoms with Gasteiger partial charge in [0.05, 0.1) is 13.2 Å². The number of hydrogen-bond acceptors (Lipinski definition) is 4. The highest BCUT2D eigenvalue weighted by atomic mass is 27.0. The minimum absolute atomic E-state index is 0.0597. The molecule has 3 heterocycles. The van der Waals surface area contributed by atoms with E-state index < -0.39 is 0 Å². The molecular formula is C14H14AlN3O2. The maximum atomic E-state index is 12.2. The highest BCUT2D eigenvalue weighted by molar-refractivity contribution is 6.19. The molecule has 2 radical (unpaired) electrons. The van der Waals surface area contributed by atoms with Gasteiger partial charge in [0.2, 0.25) is 0 Å². The van der Waals surface area contributed by atoms with Crippen LogP contribution >= 0.6 is 0 Å². The van der Waals surface area contributed by atoms with Gasteiger partial charge in [-0.25, -0.2) is 4.98 Å². The molecule has 0 unspecified atom stereocenters. The molecule has 0 bridgehead atoms. The molecule has 2 aromatic rings. The summed E-state index contributed by atoms with van der Waals surface area (Å²) in [5, 5.41) is 0. The van der Waals surface area contributed by atoms with E-state index in [-0.39, 0.29) is 5.56 Å². The molecule has 0 amide bonds. The van der Waals surface area contributed by atoms with Gasteiger partial charge < -0.3 is 9.64 Å². The number of fused-ring (bicyclic) bond motifs is 1. The fourth-order valence-electron chi connectivity index (χ4n) is 2.32. The summed E-state index contributed by atoms with van der Waals surface area (Å²) in [5.41, 5.74) is 1.55. The average molecular weight is 283 g/mol. The molecule has 100 valence electrons. The van der Waals surface area contributed by atoms with Crippen molar-refractivity contribution >= 4 is 33.8 Å². The van der Waals surface area contributed by atoms with E-state index in [4.69, 9.17) is 4.74 Å². The van der Waals surface area contributed by atoms with Crippen molar-refractivity contribution in [2.75, 3.05) is 31.2 Å². The number of morpholine rings is 1. The van der Waals surface area contributed by atoms with E-state index in [1.165, 1.54) is 0 Å². The zero-order chi connectivity index (χ0) is 13.9. The molecule has 0 aromatic carbocycles. The summed E-state index contributed by atoms with van der Waals surface area (Å²) in [6, 6.07) is 5.39. The molecule has 1 aliphatic heterocycles. The zero-order valence-corrected chi connectivity index (χ0v) is 12.2. The topological polar surface area (TPSA) is 46.8 Å². The number of pyridine rings is 1. The van der Waals surface area contributed by atoms with Crippen LogP contribution in [0.3, 0.4) is 0 Å². The van der Waals surface area contributed by atoms with Crippen LogP contribution in [0.4, 0.5) is 5.82 Å². The Morgan fingerprint density at radius 3 is 2.90 bits per heavy atom. The standard InChI is InChI=1S/C14H14N3O2.Al/c1-2-11-4-3-5-17-13(18)10-12(15-14(11)17)16-6-8-19-9-7-16;/h1-5,10H,6-9H2;. The van der Waals surface area contributed by atoms with Gasteiger partial charge >= 0.3 is 0 Å². The molecule has 0 N–H and O–H groups in total. The van der Waals surface area contributed by atoms with Crippen molar-refractivity contribution < 1.29 is 4.74 Å². The van der Waals surface area contributed by atoms with Crippen molar-refractivity contribution in [2.45, 2.75) is 0 Å². The first kappa shape index (κ1) is 13.4. The maximum absolute atomic E-state index is 12.2. The molecule has 0 atom stereocenters. The van der Waals surface area contributed by atoms with Crippen molar-refractivity contribution in [1.82, 2.24) is 9.38 Å². The molecular weight excluding hydrogens is 269 g/mol.